The zero-order valence-corrected chi connectivity index (χ0v) is 15.7. The Kier molecular flexibility index (Phi) is 5.59. The first-order valence-electron chi connectivity index (χ1n) is 9.94. The Bertz CT molecular complexity index is 640. The molecule has 0 saturated carbocycles. The molecule has 2 aliphatic rings. The molecule has 0 spiro atoms. The average molecular weight is 358 g/mol. The predicted octanol–water partition coefficient (Wildman–Crippen LogP) is 1.62. The van der Waals surface area contributed by atoms with Crippen LogP contribution in [0, 0.1) is 0 Å². The van der Waals surface area contributed by atoms with E-state index in [2.05, 4.69) is 36.9 Å². The van der Waals surface area contributed by atoms with Crippen molar-refractivity contribution in [2.24, 2.45) is 0 Å². The van der Waals surface area contributed by atoms with Crippen LogP contribution in [0.5, 0.6) is 0 Å². The highest BCUT2D eigenvalue weighted by Gasteiger charge is 2.26. The summed E-state index contributed by atoms with van der Waals surface area (Å²) in [5, 5.41) is 8.68. The Balaban J connectivity index is 1.26. The van der Waals surface area contributed by atoms with Gasteiger partial charge in [-0.1, -0.05) is 0 Å². The third-order valence-corrected chi connectivity index (χ3v) is 6.02. The molecule has 8 heteroatoms. The Labute approximate surface area is 155 Å². The lowest BCUT2D eigenvalue weighted by Gasteiger charge is -2.38. The van der Waals surface area contributed by atoms with Gasteiger partial charge in [-0.2, -0.15) is 10.2 Å². The van der Waals surface area contributed by atoms with Gasteiger partial charge < -0.3 is 4.90 Å². The van der Waals surface area contributed by atoms with E-state index in [0.717, 1.165) is 19.6 Å². The first-order valence-corrected chi connectivity index (χ1v) is 9.94. The predicted molar refractivity (Wildman–Crippen MR) is 98.7 cm³/mol. The highest BCUT2D eigenvalue weighted by atomic mass is 15.4. The molecule has 26 heavy (non-hydrogen) atoms. The molecular weight excluding hydrogens is 328 g/mol. The Morgan fingerprint density at radius 2 is 1.58 bits per heavy atom. The highest BCUT2D eigenvalue weighted by Crippen LogP contribution is 2.24. The topological polar surface area (TPSA) is 67.9 Å². The standard InChI is InChI=1S/C18H30N8/c1-16(24-8-3-5-18(11-24)26-15-20-13-22-26)6-9-23-7-2-4-17(10-23)25-14-19-12-21-25/h12-18H,2-11H2,1H3. The fourth-order valence-corrected chi connectivity index (χ4v) is 4.41. The van der Waals surface area contributed by atoms with Gasteiger partial charge in [0.25, 0.3) is 0 Å². The molecule has 3 atom stereocenters. The minimum atomic E-state index is 0.473. The molecule has 4 rings (SSSR count). The van der Waals surface area contributed by atoms with Crippen LogP contribution in [0.25, 0.3) is 0 Å². The molecule has 4 heterocycles. The maximum atomic E-state index is 4.34. The van der Waals surface area contributed by atoms with Gasteiger partial charge in [-0.3, -0.25) is 4.90 Å². The molecule has 0 bridgehead atoms. The number of piperidine rings is 2. The first-order chi connectivity index (χ1) is 12.8. The third kappa shape index (κ3) is 4.12. The summed E-state index contributed by atoms with van der Waals surface area (Å²) in [6.07, 6.45) is 13.1. The van der Waals surface area contributed by atoms with Crippen molar-refractivity contribution in [1.29, 1.82) is 0 Å². The second-order valence-electron chi connectivity index (χ2n) is 7.78. The third-order valence-electron chi connectivity index (χ3n) is 6.02. The quantitative estimate of drug-likeness (QED) is 0.782. The summed E-state index contributed by atoms with van der Waals surface area (Å²) in [6.45, 7) is 8.14. The lowest BCUT2D eigenvalue weighted by atomic mass is 10.0. The molecule has 0 amide bonds. The zero-order valence-electron chi connectivity index (χ0n) is 15.7. The number of hydrogen-bond donors (Lipinski definition) is 0. The number of rotatable bonds is 6. The van der Waals surface area contributed by atoms with Gasteiger partial charge in [-0.15, -0.1) is 0 Å². The number of hydrogen-bond acceptors (Lipinski definition) is 6. The molecule has 2 aromatic heterocycles. The van der Waals surface area contributed by atoms with Gasteiger partial charge in [0.15, 0.2) is 0 Å². The zero-order chi connectivity index (χ0) is 17.8. The van der Waals surface area contributed by atoms with E-state index in [9.17, 15) is 0 Å². The van der Waals surface area contributed by atoms with E-state index in [1.807, 2.05) is 22.0 Å². The van der Waals surface area contributed by atoms with Crippen molar-refractivity contribution >= 4 is 0 Å². The van der Waals surface area contributed by atoms with Crippen LogP contribution in [-0.4, -0.2) is 78.1 Å². The Hall–Kier alpha value is -1.80. The maximum absolute atomic E-state index is 4.34. The monoisotopic (exact) mass is 358 g/mol. The lowest BCUT2D eigenvalue weighted by Crippen LogP contribution is -2.44. The summed E-state index contributed by atoms with van der Waals surface area (Å²) < 4.78 is 4.06. The maximum Gasteiger partial charge on any atom is 0.137 e. The van der Waals surface area contributed by atoms with Crippen LogP contribution in [-0.2, 0) is 0 Å². The van der Waals surface area contributed by atoms with E-state index in [1.165, 1.54) is 45.2 Å². The van der Waals surface area contributed by atoms with Crippen LogP contribution in [0.1, 0.15) is 51.1 Å². The summed E-state index contributed by atoms with van der Waals surface area (Å²) in [5.41, 5.74) is 0. The molecule has 0 radical (unpaired) electrons. The fourth-order valence-electron chi connectivity index (χ4n) is 4.41. The normalized spacial score (nSPS) is 26.8. The van der Waals surface area contributed by atoms with Crippen molar-refractivity contribution in [2.75, 3.05) is 32.7 Å². The van der Waals surface area contributed by atoms with E-state index in [-0.39, 0.29) is 0 Å². The summed E-state index contributed by atoms with van der Waals surface area (Å²) in [7, 11) is 0. The van der Waals surface area contributed by atoms with E-state index >= 15 is 0 Å². The summed E-state index contributed by atoms with van der Waals surface area (Å²) in [4.78, 5) is 13.4. The molecule has 142 valence electrons. The van der Waals surface area contributed by atoms with Crippen molar-refractivity contribution in [3.8, 4) is 0 Å². The van der Waals surface area contributed by atoms with Gasteiger partial charge in [0.2, 0.25) is 0 Å². The molecule has 0 aliphatic carbocycles. The molecular formula is C18H30N8. The minimum Gasteiger partial charge on any atom is -0.301 e. The van der Waals surface area contributed by atoms with Crippen molar-refractivity contribution < 1.29 is 0 Å². The number of nitrogens with zero attached hydrogens (tertiary/aromatic N) is 8. The van der Waals surface area contributed by atoms with Gasteiger partial charge in [-0.05, 0) is 58.7 Å². The highest BCUT2D eigenvalue weighted by molar-refractivity contribution is 4.83. The second-order valence-corrected chi connectivity index (χ2v) is 7.78. The Morgan fingerprint density at radius 3 is 2.23 bits per heavy atom. The smallest absolute Gasteiger partial charge is 0.137 e. The van der Waals surface area contributed by atoms with Crippen LogP contribution in [0.4, 0.5) is 0 Å². The van der Waals surface area contributed by atoms with Crippen LogP contribution in [0.15, 0.2) is 25.3 Å². The number of likely N-dealkylation sites (tertiary alicyclic amines) is 2. The molecule has 0 N–H and O–H groups in total. The van der Waals surface area contributed by atoms with Crippen LogP contribution in [0.2, 0.25) is 0 Å². The van der Waals surface area contributed by atoms with E-state index in [4.69, 9.17) is 0 Å². The van der Waals surface area contributed by atoms with Crippen molar-refractivity contribution in [3.63, 3.8) is 0 Å². The lowest BCUT2D eigenvalue weighted by molar-refractivity contribution is 0.104. The fraction of sp³-hybridized carbons (Fsp3) is 0.778. The number of aromatic nitrogens is 6. The second kappa shape index (κ2) is 8.26. The Morgan fingerprint density at radius 1 is 0.923 bits per heavy atom. The van der Waals surface area contributed by atoms with Gasteiger partial charge in [0.1, 0.15) is 25.3 Å². The van der Waals surface area contributed by atoms with E-state index in [0.29, 0.717) is 18.1 Å². The molecule has 8 nitrogen and oxygen atoms in total. The largest absolute Gasteiger partial charge is 0.301 e. The first kappa shape index (κ1) is 17.6. The van der Waals surface area contributed by atoms with E-state index < -0.39 is 0 Å². The van der Waals surface area contributed by atoms with Gasteiger partial charge in [0.05, 0.1) is 12.1 Å². The van der Waals surface area contributed by atoms with Gasteiger partial charge in [0, 0.05) is 19.1 Å². The molecule has 2 fully saturated rings. The minimum absolute atomic E-state index is 0.473. The van der Waals surface area contributed by atoms with Crippen LogP contribution in [0.3, 0.4) is 0 Å². The SMILES string of the molecule is CC(CCN1CCCC(n2cncn2)C1)N1CCCC(n2cncn2)C1. The van der Waals surface area contributed by atoms with Crippen molar-refractivity contribution in [3.05, 3.63) is 25.3 Å². The molecule has 3 unspecified atom stereocenters. The average Bonchev–Trinajstić information content (AvgIpc) is 3.40. The molecule has 0 aromatic carbocycles. The van der Waals surface area contributed by atoms with Crippen molar-refractivity contribution in [1.82, 2.24) is 39.3 Å². The van der Waals surface area contributed by atoms with Crippen LogP contribution >= 0.6 is 0 Å². The molecule has 2 saturated heterocycles. The van der Waals surface area contributed by atoms with Gasteiger partial charge >= 0.3 is 0 Å². The summed E-state index contributed by atoms with van der Waals surface area (Å²) >= 11 is 0. The van der Waals surface area contributed by atoms with Crippen molar-refractivity contribution in [2.45, 2.75) is 57.2 Å². The van der Waals surface area contributed by atoms with E-state index in [1.54, 1.807) is 12.7 Å². The molecule has 2 aliphatic heterocycles. The molecule has 2 aromatic rings. The van der Waals surface area contributed by atoms with Crippen LogP contribution < -0.4 is 0 Å². The summed E-state index contributed by atoms with van der Waals surface area (Å²) in [6, 6.07) is 1.56. The summed E-state index contributed by atoms with van der Waals surface area (Å²) in [5.74, 6) is 0. The van der Waals surface area contributed by atoms with Gasteiger partial charge in [-0.25, -0.2) is 19.3 Å².